The topological polar surface area (TPSA) is 85.8 Å². The molecular weight excluding hydrogens is 296 g/mol. The molecule has 0 aliphatic carbocycles. The second kappa shape index (κ2) is 6.42. The van der Waals surface area contributed by atoms with Gasteiger partial charge in [0.05, 0.1) is 12.0 Å². The Labute approximate surface area is 133 Å². The van der Waals surface area contributed by atoms with E-state index in [0.29, 0.717) is 23.5 Å². The van der Waals surface area contributed by atoms with Gasteiger partial charge in [-0.3, -0.25) is 9.59 Å². The van der Waals surface area contributed by atoms with Crippen LogP contribution in [0.25, 0.3) is 11.0 Å². The minimum Gasteiger partial charge on any atom is -0.486 e. The predicted octanol–water partition coefficient (Wildman–Crippen LogP) is 1.61. The fourth-order valence-corrected chi connectivity index (χ4v) is 2.85. The Morgan fingerprint density at radius 2 is 2.04 bits per heavy atom. The van der Waals surface area contributed by atoms with E-state index in [-0.39, 0.29) is 16.9 Å². The van der Waals surface area contributed by atoms with E-state index >= 15 is 0 Å². The molecule has 0 saturated carbocycles. The average Bonchev–Trinajstić information content (AvgIpc) is 2.55. The number of fused-ring (bicyclic) bond motifs is 1. The first-order chi connectivity index (χ1) is 11.1. The lowest BCUT2D eigenvalue weighted by molar-refractivity contribution is 0.0962. The van der Waals surface area contributed by atoms with E-state index in [9.17, 15) is 9.59 Å². The van der Waals surface area contributed by atoms with Crippen molar-refractivity contribution in [3.8, 4) is 5.75 Å². The van der Waals surface area contributed by atoms with E-state index in [4.69, 9.17) is 14.9 Å². The number of nitrogens with zero attached hydrogens (tertiary/aromatic N) is 1. The summed E-state index contributed by atoms with van der Waals surface area (Å²) in [4.78, 5) is 26.5. The summed E-state index contributed by atoms with van der Waals surface area (Å²) in [7, 11) is 2.08. The van der Waals surface area contributed by atoms with E-state index in [2.05, 4.69) is 11.9 Å². The quantitative estimate of drug-likeness (QED) is 0.926. The van der Waals surface area contributed by atoms with Crippen LogP contribution in [0.3, 0.4) is 0 Å². The number of nitrogens with two attached hydrogens (primary N) is 1. The second-order valence-electron chi connectivity index (χ2n) is 6.01. The summed E-state index contributed by atoms with van der Waals surface area (Å²) in [5.74, 6) is -0.721. The highest BCUT2D eigenvalue weighted by atomic mass is 16.5. The van der Waals surface area contributed by atoms with Crippen molar-refractivity contribution < 1.29 is 13.9 Å². The van der Waals surface area contributed by atoms with E-state index in [1.54, 1.807) is 24.3 Å². The monoisotopic (exact) mass is 316 g/mol. The Balaban J connectivity index is 1.89. The van der Waals surface area contributed by atoms with Gasteiger partial charge in [0.2, 0.25) is 16.9 Å². The van der Waals surface area contributed by atoms with Crippen molar-refractivity contribution in [3.05, 3.63) is 40.2 Å². The van der Waals surface area contributed by atoms with Crippen LogP contribution in [0.4, 0.5) is 0 Å². The minimum atomic E-state index is -0.800. The van der Waals surface area contributed by atoms with Crippen LogP contribution < -0.4 is 15.9 Å². The maximum atomic E-state index is 12.6. The molecule has 0 atom stereocenters. The van der Waals surface area contributed by atoms with E-state index < -0.39 is 5.91 Å². The number of piperidine rings is 1. The molecule has 6 heteroatoms. The SMILES string of the molecule is CN1CCC(COc2c(C(N)=O)oc3ccccc3c2=O)CC1. The molecule has 1 fully saturated rings. The lowest BCUT2D eigenvalue weighted by Gasteiger charge is -2.28. The number of primary amides is 1. The fraction of sp³-hybridized carbons (Fsp3) is 0.412. The second-order valence-corrected chi connectivity index (χ2v) is 6.01. The predicted molar refractivity (Wildman–Crippen MR) is 86.7 cm³/mol. The van der Waals surface area contributed by atoms with Crippen molar-refractivity contribution >= 4 is 16.9 Å². The van der Waals surface area contributed by atoms with Crippen LogP contribution in [0.1, 0.15) is 23.4 Å². The van der Waals surface area contributed by atoms with Crippen molar-refractivity contribution in [2.45, 2.75) is 12.8 Å². The molecule has 1 aromatic heterocycles. The number of hydrogen-bond donors (Lipinski definition) is 1. The largest absolute Gasteiger partial charge is 0.486 e. The highest BCUT2D eigenvalue weighted by molar-refractivity contribution is 5.95. The zero-order valence-corrected chi connectivity index (χ0v) is 13.1. The standard InChI is InChI=1S/C17H20N2O4/c1-19-8-6-11(7-9-19)10-22-15-14(20)12-4-2-3-5-13(12)23-16(15)17(18)21/h2-5,11H,6-10H2,1H3,(H2,18,21). The number of rotatable bonds is 4. The molecule has 1 aliphatic heterocycles. The number of amides is 1. The third-order valence-electron chi connectivity index (χ3n) is 4.28. The molecule has 0 radical (unpaired) electrons. The van der Waals surface area contributed by atoms with Crippen LogP contribution in [0.15, 0.2) is 33.5 Å². The van der Waals surface area contributed by atoms with E-state index in [1.165, 1.54) is 0 Å². The van der Waals surface area contributed by atoms with Crippen LogP contribution >= 0.6 is 0 Å². The molecule has 6 nitrogen and oxygen atoms in total. The number of carbonyl (C=O) groups excluding carboxylic acids is 1. The Hall–Kier alpha value is -2.34. The van der Waals surface area contributed by atoms with Gasteiger partial charge in [0.1, 0.15) is 5.58 Å². The van der Waals surface area contributed by atoms with E-state index in [1.807, 2.05) is 0 Å². The first kappa shape index (κ1) is 15.6. The molecule has 23 heavy (non-hydrogen) atoms. The molecule has 3 rings (SSSR count). The highest BCUT2D eigenvalue weighted by Crippen LogP contribution is 2.23. The summed E-state index contributed by atoms with van der Waals surface area (Å²) in [6.07, 6.45) is 2.00. The molecule has 2 heterocycles. The number of carbonyl (C=O) groups is 1. The van der Waals surface area contributed by atoms with Crippen LogP contribution in [0.2, 0.25) is 0 Å². The third-order valence-corrected chi connectivity index (χ3v) is 4.28. The van der Waals surface area contributed by atoms with Gasteiger partial charge in [-0.05, 0) is 51.0 Å². The summed E-state index contributed by atoms with van der Waals surface area (Å²) in [5.41, 5.74) is 5.32. The van der Waals surface area contributed by atoms with Gasteiger partial charge in [-0.25, -0.2) is 0 Å². The summed E-state index contributed by atoms with van der Waals surface area (Å²) in [5, 5.41) is 0.385. The van der Waals surface area contributed by atoms with Gasteiger partial charge in [-0.1, -0.05) is 12.1 Å². The van der Waals surface area contributed by atoms with Crippen LogP contribution in [0, 0.1) is 5.92 Å². The van der Waals surface area contributed by atoms with Crippen molar-refractivity contribution in [1.82, 2.24) is 4.90 Å². The van der Waals surface area contributed by atoms with Gasteiger partial charge < -0.3 is 19.8 Å². The summed E-state index contributed by atoms with van der Waals surface area (Å²) in [6.45, 7) is 2.39. The van der Waals surface area contributed by atoms with Crippen LogP contribution in [-0.2, 0) is 0 Å². The Kier molecular flexibility index (Phi) is 4.34. The maximum absolute atomic E-state index is 12.6. The Morgan fingerprint density at radius 1 is 1.35 bits per heavy atom. The number of likely N-dealkylation sites (tertiary alicyclic amines) is 1. The smallest absolute Gasteiger partial charge is 0.288 e. The summed E-state index contributed by atoms with van der Waals surface area (Å²) in [6, 6.07) is 6.75. The fourth-order valence-electron chi connectivity index (χ4n) is 2.85. The zero-order valence-electron chi connectivity index (χ0n) is 13.1. The average molecular weight is 316 g/mol. The first-order valence-corrected chi connectivity index (χ1v) is 7.73. The van der Waals surface area contributed by atoms with Gasteiger partial charge >= 0.3 is 0 Å². The van der Waals surface area contributed by atoms with Crippen LogP contribution in [-0.4, -0.2) is 37.6 Å². The molecular formula is C17H20N2O4. The van der Waals surface area contributed by atoms with Gasteiger partial charge in [0.25, 0.3) is 5.91 Å². The molecule has 2 N–H and O–H groups in total. The molecule has 1 aliphatic rings. The zero-order chi connectivity index (χ0) is 16.4. The normalized spacial score (nSPS) is 16.6. The maximum Gasteiger partial charge on any atom is 0.288 e. The molecule has 0 unspecified atom stereocenters. The van der Waals surface area contributed by atoms with Gasteiger partial charge in [0.15, 0.2) is 0 Å². The lowest BCUT2D eigenvalue weighted by atomic mass is 9.98. The number of hydrogen-bond acceptors (Lipinski definition) is 5. The first-order valence-electron chi connectivity index (χ1n) is 7.73. The number of para-hydroxylation sites is 1. The molecule has 1 aromatic carbocycles. The van der Waals surface area contributed by atoms with E-state index in [0.717, 1.165) is 25.9 Å². The summed E-state index contributed by atoms with van der Waals surface area (Å²) >= 11 is 0. The molecule has 2 aromatic rings. The van der Waals surface area contributed by atoms with Crippen molar-refractivity contribution in [2.24, 2.45) is 11.7 Å². The number of ether oxygens (including phenoxy) is 1. The van der Waals surface area contributed by atoms with Crippen molar-refractivity contribution in [3.63, 3.8) is 0 Å². The Morgan fingerprint density at radius 3 is 2.74 bits per heavy atom. The lowest BCUT2D eigenvalue weighted by Crippen LogP contribution is -2.33. The molecule has 1 amide bonds. The molecule has 0 bridgehead atoms. The summed E-state index contributed by atoms with van der Waals surface area (Å²) < 4.78 is 11.2. The third kappa shape index (κ3) is 3.22. The van der Waals surface area contributed by atoms with Crippen LogP contribution in [0.5, 0.6) is 5.75 Å². The molecule has 122 valence electrons. The van der Waals surface area contributed by atoms with Gasteiger partial charge in [-0.15, -0.1) is 0 Å². The number of benzene rings is 1. The molecule has 1 saturated heterocycles. The van der Waals surface area contributed by atoms with Gasteiger partial charge in [-0.2, -0.15) is 0 Å². The highest BCUT2D eigenvalue weighted by Gasteiger charge is 2.23. The van der Waals surface area contributed by atoms with Gasteiger partial charge in [0, 0.05) is 0 Å². The Bertz CT molecular complexity index is 776. The van der Waals surface area contributed by atoms with Crippen molar-refractivity contribution in [1.29, 1.82) is 0 Å². The molecule has 0 spiro atoms. The van der Waals surface area contributed by atoms with Crippen molar-refractivity contribution in [2.75, 3.05) is 26.7 Å². The minimum absolute atomic E-state index is 0.0740.